The molecule has 2 aromatic heterocycles. The summed E-state index contributed by atoms with van der Waals surface area (Å²) < 4.78 is 27.7. The second kappa shape index (κ2) is 8.69. The van der Waals surface area contributed by atoms with E-state index in [1.54, 1.807) is 31.4 Å². The number of primary amides is 1. The fraction of sp³-hybridized carbons (Fsp3) is 0.0909. The summed E-state index contributed by atoms with van der Waals surface area (Å²) in [5.41, 5.74) is 7.25. The molecule has 0 aliphatic heterocycles. The van der Waals surface area contributed by atoms with Crippen LogP contribution in [0.3, 0.4) is 0 Å². The van der Waals surface area contributed by atoms with Crippen molar-refractivity contribution in [1.29, 1.82) is 0 Å². The van der Waals surface area contributed by atoms with Crippen molar-refractivity contribution in [2.45, 2.75) is 0 Å². The zero-order chi connectivity index (χ0) is 22.8. The van der Waals surface area contributed by atoms with E-state index in [1.807, 2.05) is 30.3 Å². The highest BCUT2D eigenvalue weighted by Crippen LogP contribution is 2.38. The molecule has 0 saturated heterocycles. The second-order valence-electron chi connectivity index (χ2n) is 7.06. The van der Waals surface area contributed by atoms with Gasteiger partial charge in [-0.15, -0.1) is 0 Å². The third-order valence-corrected chi connectivity index (χ3v) is 5.26. The molecule has 1 amide bonds. The average molecular weight is 452 g/mol. The predicted octanol–water partition coefficient (Wildman–Crippen LogP) is 3.02. The molecular formula is C22H20N4O5S. The number of nitrogens with two attached hydrogens (primary N) is 1. The summed E-state index contributed by atoms with van der Waals surface area (Å²) in [6, 6.07) is 15.9. The highest BCUT2D eigenvalue weighted by molar-refractivity contribution is 7.79. The Morgan fingerprint density at radius 1 is 1.19 bits per heavy atom. The van der Waals surface area contributed by atoms with Crippen molar-refractivity contribution < 1.29 is 18.3 Å². The monoisotopic (exact) mass is 452 g/mol. The molecule has 10 heteroatoms. The minimum absolute atomic E-state index is 0.111. The minimum atomic E-state index is -2.03. The predicted molar refractivity (Wildman–Crippen MR) is 123 cm³/mol. The molecule has 0 fully saturated rings. The van der Waals surface area contributed by atoms with E-state index in [4.69, 9.17) is 15.0 Å². The standard InChI is InChI=1S/C22H20N4O5S/c1-26-11-17(16-10-18(21(23)27)25-20(16)22(26)28)15-9-13(24-12-32(29)30)7-8-19(15)31-14-5-3-2-4-6-14/h2-11,24-25H,12H2,1H3,(H2,23,27)(H,29,30). The van der Waals surface area contributed by atoms with Gasteiger partial charge in [-0.2, -0.15) is 0 Å². The summed E-state index contributed by atoms with van der Waals surface area (Å²) in [7, 11) is 1.60. The summed E-state index contributed by atoms with van der Waals surface area (Å²) in [4.78, 5) is 27.2. The molecule has 0 aliphatic carbocycles. The summed E-state index contributed by atoms with van der Waals surface area (Å²) >= 11 is -2.03. The maximum absolute atomic E-state index is 12.6. The number of carbonyl (C=O) groups is 1. The molecule has 4 aromatic rings. The number of fused-ring (bicyclic) bond motifs is 1. The van der Waals surface area contributed by atoms with Gasteiger partial charge in [-0.3, -0.25) is 9.59 Å². The van der Waals surface area contributed by atoms with Gasteiger partial charge < -0.3 is 29.9 Å². The lowest BCUT2D eigenvalue weighted by Gasteiger charge is -2.15. The molecule has 164 valence electrons. The lowest BCUT2D eigenvalue weighted by atomic mass is 10.0. The first-order chi connectivity index (χ1) is 15.3. The summed E-state index contributed by atoms with van der Waals surface area (Å²) in [6.45, 7) is 0. The van der Waals surface area contributed by atoms with Gasteiger partial charge in [0.2, 0.25) is 0 Å². The van der Waals surface area contributed by atoms with Crippen molar-refractivity contribution in [2.75, 3.05) is 11.2 Å². The number of hydrogen-bond donors (Lipinski definition) is 4. The van der Waals surface area contributed by atoms with Crippen LogP contribution in [-0.2, 0) is 18.1 Å². The molecule has 1 unspecified atom stereocenters. The Hall–Kier alpha value is -3.89. The van der Waals surface area contributed by atoms with E-state index in [1.165, 1.54) is 10.6 Å². The maximum atomic E-state index is 12.6. The number of hydrogen-bond acceptors (Lipinski definition) is 5. The number of rotatable bonds is 7. The zero-order valence-corrected chi connectivity index (χ0v) is 17.8. The number of carbonyl (C=O) groups excluding carboxylic acids is 1. The SMILES string of the molecule is Cn1cc(-c2cc(NCS(=O)O)ccc2Oc2ccccc2)c2cc(C(N)=O)[nH]c2c1=O. The molecule has 0 radical (unpaired) electrons. The number of para-hydroxylation sites is 1. The van der Waals surface area contributed by atoms with Crippen LogP contribution in [0.4, 0.5) is 5.69 Å². The number of ether oxygens (including phenoxy) is 1. The average Bonchev–Trinajstić information content (AvgIpc) is 3.22. The Labute approximate surface area is 185 Å². The van der Waals surface area contributed by atoms with Gasteiger partial charge in [0, 0.05) is 35.4 Å². The van der Waals surface area contributed by atoms with Gasteiger partial charge in [-0.25, -0.2) is 4.21 Å². The molecule has 0 spiro atoms. The van der Waals surface area contributed by atoms with E-state index in [-0.39, 0.29) is 22.6 Å². The number of anilines is 1. The van der Waals surface area contributed by atoms with Crippen molar-refractivity contribution in [3.63, 3.8) is 0 Å². The number of pyridine rings is 1. The zero-order valence-electron chi connectivity index (χ0n) is 17.0. The molecule has 1 atom stereocenters. The number of nitrogens with one attached hydrogen (secondary N) is 2. The molecule has 2 heterocycles. The van der Waals surface area contributed by atoms with E-state index in [0.717, 1.165) is 0 Å². The van der Waals surface area contributed by atoms with E-state index in [0.29, 0.717) is 33.7 Å². The highest BCUT2D eigenvalue weighted by Gasteiger charge is 2.18. The number of H-pyrrole nitrogens is 1. The molecule has 32 heavy (non-hydrogen) atoms. The maximum Gasteiger partial charge on any atom is 0.274 e. The normalized spacial score (nSPS) is 11.9. The van der Waals surface area contributed by atoms with Gasteiger partial charge in [0.15, 0.2) is 11.1 Å². The first-order valence-electron chi connectivity index (χ1n) is 9.54. The molecule has 5 N–H and O–H groups in total. The number of aryl methyl sites for hydroxylation is 1. The van der Waals surface area contributed by atoms with Crippen LogP contribution in [0.25, 0.3) is 22.0 Å². The van der Waals surface area contributed by atoms with Crippen LogP contribution in [0.15, 0.2) is 65.6 Å². The molecule has 0 saturated carbocycles. The van der Waals surface area contributed by atoms with Crippen LogP contribution >= 0.6 is 0 Å². The fourth-order valence-electron chi connectivity index (χ4n) is 3.38. The first kappa shape index (κ1) is 21.3. The van der Waals surface area contributed by atoms with E-state index < -0.39 is 17.0 Å². The summed E-state index contributed by atoms with van der Waals surface area (Å²) in [5, 5.41) is 3.39. The van der Waals surface area contributed by atoms with Gasteiger partial charge in [0.05, 0.1) is 0 Å². The van der Waals surface area contributed by atoms with Crippen LogP contribution in [-0.4, -0.2) is 30.1 Å². The van der Waals surface area contributed by atoms with E-state index in [9.17, 15) is 13.8 Å². The molecule has 0 bridgehead atoms. The Bertz CT molecular complexity index is 1390. The number of amides is 1. The fourth-order valence-corrected chi connectivity index (χ4v) is 3.67. The lowest BCUT2D eigenvalue weighted by Crippen LogP contribution is -2.17. The molecular weight excluding hydrogens is 432 g/mol. The largest absolute Gasteiger partial charge is 0.457 e. The van der Waals surface area contributed by atoms with Crippen LogP contribution in [0.2, 0.25) is 0 Å². The highest BCUT2D eigenvalue weighted by atomic mass is 32.2. The second-order valence-corrected chi connectivity index (χ2v) is 8.00. The third kappa shape index (κ3) is 4.27. The van der Waals surface area contributed by atoms with Crippen LogP contribution in [0, 0.1) is 0 Å². The van der Waals surface area contributed by atoms with E-state index >= 15 is 0 Å². The number of benzene rings is 2. The molecule has 4 rings (SSSR count). The summed E-state index contributed by atoms with van der Waals surface area (Å²) in [5.74, 6) is 0.264. The quantitative estimate of drug-likeness (QED) is 0.318. The number of nitrogens with zero attached hydrogens (tertiary/aromatic N) is 1. The van der Waals surface area contributed by atoms with Crippen molar-refractivity contribution in [3.8, 4) is 22.6 Å². The van der Waals surface area contributed by atoms with Crippen LogP contribution in [0.1, 0.15) is 10.5 Å². The Balaban J connectivity index is 1.93. The Morgan fingerprint density at radius 3 is 2.62 bits per heavy atom. The van der Waals surface area contributed by atoms with Crippen molar-refractivity contribution in [1.82, 2.24) is 9.55 Å². The van der Waals surface area contributed by atoms with Crippen molar-refractivity contribution >= 4 is 33.6 Å². The van der Waals surface area contributed by atoms with Gasteiger partial charge in [-0.05, 0) is 36.4 Å². The number of aromatic nitrogens is 2. The van der Waals surface area contributed by atoms with Crippen molar-refractivity contribution in [2.24, 2.45) is 12.8 Å². The topological polar surface area (TPSA) is 139 Å². The molecule has 0 aliphatic rings. The lowest BCUT2D eigenvalue weighted by molar-refractivity contribution is 0.0996. The van der Waals surface area contributed by atoms with Crippen LogP contribution < -0.4 is 21.3 Å². The number of aromatic amines is 1. The summed E-state index contributed by atoms with van der Waals surface area (Å²) in [6.07, 6.45) is 1.64. The van der Waals surface area contributed by atoms with Crippen LogP contribution in [0.5, 0.6) is 11.5 Å². The Kier molecular flexibility index (Phi) is 5.80. The minimum Gasteiger partial charge on any atom is -0.457 e. The smallest absolute Gasteiger partial charge is 0.274 e. The van der Waals surface area contributed by atoms with Gasteiger partial charge in [0.25, 0.3) is 11.5 Å². The van der Waals surface area contributed by atoms with Gasteiger partial charge >= 0.3 is 0 Å². The third-order valence-electron chi connectivity index (χ3n) is 4.87. The van der Waals surface area contributed by atoms with Gasteiger partial charge in [-0.1, -0.05) is 18.2 Å². The molecule has 9 nitrogen and oxygen atoms in total. The van der Waals surface area contributed by atoms with Crippen molar-refractivity contribution in [3.05, 3.63) is 76.8 Å². The molecule has 2 aromatic carbocycles. The Morgan fingerprint density at radius 2 is 1.94 bits per heavy atom. The van der Waals surface area contributed by atoms with Gasteiger partial charge in [0.1, 0.15) is 28.6 Å². The first-order valence-corrected chi connectivity index (χ1v) is 10.8. The van der Waals surface area contributed by atoms with E-state index in [2.05, 4.69) is 10.3 Å².